The molecule has 10 heteroatoms. The number of ketones is 1. The number of piperidine rings is 1. The molecule has 222 valence electrons. The number of hydrogen-bond acceptors (Lipinski definition) is 10. The molecule has 0 amide bonds. The van der Waals surface area contributed by atoms with Gasteiger partial charge in [-0.05, 0) is 37.1 Å². The predicted octanol–water partition coefficient (Wildman–Crippen LogP) is 1.74. The number of hydrogen-bond donors (Lipinski definition) is 1. The van der Waals surface area contributed by atoms with Gasteiger partial charge < -0.3 is 24.1 Å². The van der Waals surface area contributed by atoms with E-state index in [1.54, 1.807) is 30.3 Å². The number of aldehydes is 1. The van der Waals surface area contributed by atoms with E-state index in [0.717, 1.165) is 6.29 Å². The maximum absolute atomic E-state index is 14.3. The number of ether oxygens (including phenoxy) is 3. The first-order valence-corrected chi connectivity index (χ1v) is 14.6. The van der Waals surface area contributed by atoms with E-state index in [1.807, 2.05) is 14.0 Å². The van der Waals surface area contributed by atoms with Crippen LogP contribution in [0, 0.1) is 39.9 Å². The second kappa shape index (κ2) is 8.60. The van der Waals surface area contributed by atoms with Crippen LogP contribution < -0.4 is 0 Å². The van der Waals surface area contributed by atoms with Crippen molar-refractivity contribution in [3.8, 4) is 0 Å². The molecule has 2 saturated heterocycles. The van der Waals surface area contributed by atoms with Crippen molar-refractivity contribution < 1.29 is 43.3 Å². The Morgan fingerprint density at radius 2 is 1.71 bits per heavy atom. The molecule has 1 aromatic carbocycles. The Labute approximate surface area is 243 Å². The predicted molar refractivity (Wildman–Crippen MR) is 144 cm³/mol. The average Bonchev–Trinajstić information content (AvgIpc) is 3.20. The Morgan fingerprint density at radius 3 is 2.33 bits per heavy atom. The average molecular weight is 578 g/mol. The summed E-state index contributed by atoms with van der Waals surface area (Å²) in [6.45, 7) is 8.49. The number of Topliss-reactive ketones (excluding diaryl/α,β-unsaturated/α-hetero) is 1. The summed E-state index contributed by atoms with van der Waals surface area (Å²) in [4.78, 5) is 68.4. The summed E-state index contributed by atoms with van der Waals surface area (Å²) in [5.41, 5.74) is -2.58. The van der Waals surface area contributed by atoms with E-state index in [9.17, 15) is 29.1 Å². The Bertz CT molecular complexity index is 1440. The molecule has 0 unspecified atom stereocenters. The van der Waals surface area contributed by atoms with E-state index in [1.165, 1.54) is 13.8 Å². The first-order valence-electron chi connectivity index (χ1n) is 14.6. The number of carbonyl (C=O) groups is 5. The Kier molecular flexibility index (Phi) is 5.62. The van der Waals surface area contributed by atoms with E-state index in [0.29, 0.717) is 17.6 Å². The first kappa shape index (κ1) is 27.5. The third kappa shape index (κ3) is 2.95. The summed E-state index contributed by atoms with van der Waals surface area (Å²) in [5.74, 6) is -4.65. The van der Waals surface area contributed by atoms with Gasteiger partial charge in [-0.3, -0.25) is 19.3 Å². The normalized spacial score (nSPS) is 47.6. The maximum Gasteiger partial charge on any atom is 0.338 e. The molecule has 9 rings (SSSR count). The molecule has 2 spiro atoms. The molecule has 6 saturated carbocycles. The van der Waals surface area contributed by atoms with Gasteiger partial charge in [-0.25, -0.2) is 4.79 Å². The highest BCUT2D eigenvalue weighted by Crippen LogP contribution is 2.84. The van der Waals surface area contributed by atoms with E-state index in [2.05, 4.69) is 11.5 Å². The number of nitrogens with zero attached hydrogens (tertiary/aromatic N) is 1. The van der Waals surface area contributed by atoms with Crippen LogP contribution in [-0.2, 0) is 33.4 Å². The molecule has 0 aromatic heterocycles. The van der Waals surface area contributed by atoms with Crippen molar-refractivity contribution in [2.24, 2.45) is 39.9 Å². The highest BCUT2D eigenvalue weighted by Gasteiger charge is 2.93. The molecule has 2 heterocycles. The van der Waals surface area contributed by atoms with Crippen LogP contribution in [0.4, 0.5) is 0 Å². The minimum atomic E-state index is -1.14. The second-order valence-corrected chi connectivity index (χ2v) is 13.5. The van der Waals surface area contributed by atoms with Crippen LogP contribution in [0.15, 0.2) is 42.5 Å². The third-order valence-corrected chi connectivity index (χ3v) is 11.8. The Balaban J connectivity index is 1.48. The zero-order chi connectivity index (χ0) is 30.1. The standard InChI is InChI=1S/C32H35NO9/c1-14-20-22(37)21-26-32-24(18(33(26)5)11-31(21,27(14)38)25(32)23(20)40-15(2)35)30(4,13-34)12-19(28(32)41-16(3)36)42-29(39)17-9-7-6-8-10-17/h6-10,13,18-21,23-28,38H,1,11-12H2,2-5H3/t18-,19-,20-,21+,23-,24+,25+,26+,27+,28+,30-,31+,32+/m0/s1. The number of carbonyl (C=O) groups excluding carboxylic acids is 5. The lowest BCUT2D eigenvalue weighted by Crippen LogP contribution is -2.75. The van der Waals surface area contributed by atoms with Gasteiger partial charge in [0, 0.05) is 60.4 Å². The van der Waals surface area contributed by atoms with Gasteiger partial charge in [0.2, 0.25) is 0 Å². The highest BCUT2D eigenvalue weighted by atomic mass is 16.6. The lowest BCUT2D eigenvalue weighted by Gasteiger charge is -2.68. The fourth-order valence-corrected chi connectivity index (χ4v) is 11.2. The molecular formula is C32H35NO9. The Hall–Kier alpha value is -3.37. The molecule has 1 N–H and O–H groups in total. The summed E-state index contributed by atoms with van der Waals surface area (Å²) in [7, 11) is 1.91. The number of aliphatic hydroxyl groups is 1. The maximum atomic E-state index is 14.3. The number of benzene rings is 1. The lowest BCUT2D eigenvalue weighted by molar-refractivity contribution is -0.258. The van der Waals surface area contributed by atoms with Crippen molar-refractivity contribution in [1.29, 1.82) is 0 Å². The molecule has 7 bridgehead atoms. The van der Waals surface area contributed by atoms with Crippen LogP contribution in [0.3, 0.4) is 0 Å². The first-order chi connectivity index (χ1) is 19.9. The van der Waals surface area contributed by atoms with E-state index in [4.69, 9.17) is 14.2 Å². The van der Waals surface area contributed by atoms with Crippen LogP contribution in [0.2, 0.25) is 0 Å². The van der Waals surface area contributed by atoms with Gasteiger partial charge in [-0.15, -0.1) is 0 Å². The topological polar surface area (TPSA) is 137 Å². The SMILES string of the molecule is C=C1[C@H]2C(=O)[C@@H]3[C@H]4N(C)[C@H]5C[C@]3([C@@H]1O)[C@@H]([C@H]2OC(C)=O)[C@@]41[C@H](OC(C)=O)[C@@H](OC(=O)c2ccccc2)C[C@@](C)(C=O)[C@@H]51. The molecule has 10 nitrogen and oxygen atoms in total. The Morgan fingerprint density at radius 1 is 1.05 bits per heavy atom. The van der Waals surface area contributed by atoms with E-state index in [-0.39, 0.29) is 18.2 Å². The van der Waals surface area contributed by atoms with Crippen molar-refractivity contribution >= 4 is 30.0 Å². The summed E-state index contributed by atoms with van der Waals surface area (Å²) in [6, 6.07) is 7.63. The van der Waals surface area contributed by atoms with Crippen LogP contribution in [-0.4, -0.2) is 83.5 Å². The van der Waals surface area contributed by atoms with Crippen LogP contribution in [0.5, 0.6) is 0 Å². The summed E-state index contributed by atoms with van der Waals surface area (Å²) < 4.78 is 18.3. The van der Waals surface area contributed by atoms with Gasteiger partial charge >= 0.3 is 17.9 Å². The molecule has 6 aliphatic carbocycles. The zero-order valence-corrected chi connectivity index (χ0v) is 24.0. The van der Waals surface area contributed by atoms with E-state index >= 15 is 0 Å². The number of rotatable bonds is 5. The van der Waals surface area contributed by atoms with Gasteiger partial charge in [0.25, 0.3) is 0 Å². The molecule has 8 fully saturated rings. The molecule has 42 heavy (non-hydrogen) atoms. The summed E-state index contributed by atoms with van der Waals surface area (Å²) >= 11 is 0. The lowest BCUT2D eigenvalue weighted by atomic mass is 9.38. The smallest absolute Gasteiger partial charge is 0.338 e. The van der Waals surface area contributed by atoms with Gasteiger partial charge in [0.05, 0.1) is 17.6 Å². The number of esters is 3. The molecule has 13 atom stereocenters. The minimum Gasteiger partial charge on any atom is -0.461 e. The van der Waals surface area contributed by atoms with Crippen molar-refractivity contribution in [3.63, 3.8) is 0 Å². The van der Waals surface area contributed by atoms with Crippen molar-refractivity contribution in [2.75, 3.05) is 7.05 Å². The zero-order valence-electron chi connectivity index (χ0n) is 24.0. The summed E-state index contributed by atoms with van der Waals surface area (Å²) in [6.07, 6.45) is -2.73. The quantitative estimate of drug-likeness (QED) is 0.238. The van der Waals surface area contributed by atoms with Gasteiger partial charge in [0.1, 0.15) is 30.4 Å². The fraction of sp³-hybridized carbons (Fsp3) is 0.594. The third-order valence-electron chi connectivity index (χ3n) is 11.8. The molecule has 8 aliphatic rings. The van der Waals surface area contributed by atoms with Gasteiger partial charge in [-0.1, -0.05) is 31.7 Å². The molecule has 2 aliphatic heterocycles. The van der Waals surface area contributed by atoms with Crippen LogP contribution in [0.25, 0.3) is 0 Å². The van der Waals surface area contributed by atoms with Crippen molar-refractivity contribution in [1.82, 2.24) is 4.90 Å². The van der Waals surface area contributed by atoms with Gasteiger partial charge in [-0.2, -0.15) is 0 Å². The molecular weight excluding hydrogens is 542 g/mol. The van der Waals surface area contributed by atoms with Crippen LogP contribution >= 0.6 is 0 Å². The highest BCUT2D eigenvalue weighted by molar-refractivity contribution is 5.94. The monoisotopic (exact) mass is 577 g/mol. The van der Waals surface area contributed by atoms with Crippen molar-refractivity contribution in [2.45, 2.75) is 70.1 Å². The molecule has 0 radical (unpaired) electrons. The summed E-state index contributed by atoms with van der Waals surface area (Å²) in [5, 5.41) is 11.9. The largest absolute Gasteiger partial charge is 0.461 e. The molecule has 1 aromatic rings. The minimum absolute atomic E-state index is 0.103. The van der Waals surface area contributed by atoms with Gasteiger partial charge in [0.15, 0.2) is 0 Å². The fourth-order valence-electron chi connectivity index (χ4n) is 11.2. The van der Waals surface area contributed by atoms with Crippen molar-refractivity contribution in [3.05, 3.63) is 48.0 Å². The van der Waals surface area contributed by atoms with Crippen LogP contribution in [0.1, 0.15) is 44.0 Å². The number of fused-ring (bicyclic) bond motifs is 1. The second-order valence-electron chi connectivity index (χ2n) is 13.5. The number of aliphatic hydroxyl groups excluding tert-OH is 1. The van der Waals surface area contributed by atoms with E-state index < -0.39 is 88.3 Å².